The van der Waals surface area contributed by atoms with Gasteiger partial charge in [-0.25, -0.2) is 0 Å². The average Bonchev–Trinajstić information content (AvgIpc) is 1.88. The second-order valence-corrected chi connectivity index (χ2v) is 1.86. The minimum absolute atomic E-state index is 0.694. The molecule has 0 aromatic rings. The lowest BCUT2D eigenvalue weighted by Gasteiger charge is -2.17. The summed E-state index contributed by atoms with van der Waals surface area (Å²) in [6.45, 7) is 5.78. The Morgan fingerprint density at radius 3 is 2.18 bits per heavy atom. The molecule has 1 atom stereocenters. The van der Waals surface area contributed by atoms with Gasteiger partial charge in [-0.3, -0.25) is 0 Å². The Hall–Kier alpha value is -0.760. The minimum Gasteiger partial charge on any atom is -0.199 e. The molecule has 0 aromatic heterocycles. The van der Waals surface area contributed by atoms with E-state index in [0.717, 1.165) is 0 Å². The Morgan fingerprint density at radius 2 is 1.91 bits per heavy atom. The van der Waals surface area contributed by atoms with Crippen LogP contribution in [0.4, 0.5) is 17.6 Å². The summed E-state index contributed by atoms with van der Waals surface area (Å²) in [5, 5.41) is 0. The zero-order chi connectivity index (χ0) is 9.07. The fourth-order valence-electron chi connectivity index (χ4n) is 0.387. The van der Waals surface area contributed by atoms with Crippen molar-refractivity contribution in [3.8, 4) is 0 Å². The third kappa shape index (κ3) is 2.39. The van der Waals surface area contributed by atoms with Gasteiger partial charge in [-0.2, -0.15) is 17.6 Å². The molecular formula is C7H6F4. The van der Waals surface area contributed by atoms with Crippen molar-refractivity contribution in [2.45, 2.75) is 5.92 Å². The summed E-state index contributed by atoms with van der Waals surface area (Å²) in [7, 11) is 0. The fourth-order valence-corrected chi connectivity index (χ4v) is 0.387. The summed E-state index contributed by atoms with van der Waals surface area (Å²) < 4.78 is 47.2. The van der Waals surface area contributed by atoms with E-state index in [1.807, 2.05) is 5.73 Å². The number of rotatable bonds is 3. The van der Waals surface area contributed by atoms with Crippen LogP contribution in [0, 0.1) is 19.3 Å². The molecule has 62 valence electrons. The van der Waals surface area contributed by atoms with Crippen LogP contribution in [0.5, 0.6) is 0 Å². The summed E-state index contributed by atoms with van der Waals surface area (Å²) in [6.07, 6.45) is -2.25. The number of allylic oxidation sites excluding steroid dienone is 1. The summed E-state index contributed by atoms with van der Waals surface area (Å²) in [6, 6.07) is 0. The van der Waals surface area contributed by atoms with Crippen LogP contribution < -0.4 is 0 Å². The van der Waals surface area contributed by atoms with Crippen LogP contribution in [0.1, 0.15) is 0 Å². The van der Waals surface area contributed by atoms with Crippen molar-refractivity contribution in [3.05, 3.63) is 31.7 Å². The second kappa shape index (κ2) is 3.58. The van der Waals surface area contributed by atoms with Gasteiger partial charge in [0.25, 0.3) is 0 Å². The number of hydrogen-bond donors (Lipinski definition) is 0. The topological polar surface area (TPSA) is 0 Å². The van der Waals surface area contributed by atoms with Gasteiger partial charge in [-0.1, -0.05) is 6.58 Å². The number of alkyl halides is 2. The van der Waals surface area contributed by atoms with Gasteiger partial charge in [0.2, 0.25) is 0 Å². The van der Waals surface area contributed by atoms with Crippen LogP contribution in [0.25, 0.3) is 0 Å². The lowest BCUT2D eigenvalue weighted by atomic mass is 10.0. The van der Waals surface area contributed by atoms with Crippen molar-refractivity contribution in [3.63, 3.8) is 0 Å². The predicted octanol–water partition coefficient (Wildman–Crippen LogP) is 2.84. The Bertz CT molecular complexity index is 167. The monoisotopic (exact) mass is 166 g/mol. The highest BCUT2D eigenvalue weighted by molar-refractivity contribution is 5.01. The highest BCUT2D eigenvalue weighted by Crippen LogP contribution is 2.36. The maximum Gasteiger partial charge on any atom is 0.378 e. The maximum atomic E-state index is 12.2. The SMILES string of the molecule is [CH2]C(C=C=C)C(F)(F)[C](F)F. The molecule has 0 aliphatic heterocycles. The van der Waals surface area contributed by atoms with Crippen molar-refractivity contribution in [2.24, 2.45) is 5.92 Å². The molecule has 2 radical (unpaired) electrons. The molecule has 0 aromatic carbocycles. The molecule has 0 fully saturated rings. The average molecular weight is 166 g/mol. The molecule has 1 unspecified atom stereocenters. The van der Waals surface area contributed by atoms with Crippen LogP contribution in [0.2, 0.25) is 0 Å². The first-order valence-electron chi connectivity index (χ1n) is 2.68. The van der Waals surface area contributed by atoms with Crippen molar-refractivity contribution < 1.29 is 17.6 Å². The van der Waals surface area contributed by atoms with Crippen molar-refractivity contribution >= 4 is 0 Å². The Labute approximate surface area is 62.2 Å². The van der Waals surface area contributed by atoms with E-state index in [9.17, 15) is 17.6 Å². The van der Waals surface area contributed by atoms with Crippen LogP contribution in [-0.2, 0) is 0 Å². The lowest BCUT2D eigenvalue weighted by molar-refractivity contribution is -0.0797. The molecule has 4 heteroatoms. The largest absolute Gasteiger partial charge is 0.378 e. The summed E-state index contributed by atoms with van der Waals surface area (Å²) >= 11 is 0. The molecule has 0 N–H and O–H groups in total. The smallest absolute Gasteiger partial charge is 0.199 e. The molecule has 0 rings (SSSR count). The van der Waals surface area contributed by atoms with E-state index >= 15 is 0 Å². The molecule has 11 heavy (non-hydrogen) atoms. The third-order valence-electron chi connectivity index (χ3n) is 1.04. The highest BCUT2D eigenvalue weighted by Gasteiger charge is 2.47. The van der Waals surface area contributed by atoms with E-state index in [2.05, 4.69) is 13.5 Å². The first kappa shape index (κ1) is 10.2. The van der Waals surface area contributed by atoms with Gasteiger partial charge in [0.15, 0.2) is 0 Å². The zero-order valence-corrected chi connectivity index (χ0v) is 5.58. The predicted molar refractivity (Wildman–Crippen MR) is 33.0 cm³/mol. The molecule has 0 aliphatic rings. The molecule has 0 heterocycles. The standard InChI is InChI=1S/C7H6F4/c1-3-4-5(2)7(10,11)6(8)9/h4-5H,1-2H2. The van der Waals surface area contributed by atoms with E-state index in [0.29, 0.717) is 6.08 Å². The van der Waals surface area contributed by atoms with Crippen molar-refractivity contribution in [1.82, 2.24) is 0 Å². The Balaban J connectivity index is 4.40. The minimum atomic E-state index is -4.18. The van der Waals surface area contributed by atoms with Gasteiger partial charge in [-0.05, 0) is 13.0 Å². The van der Waals surface area contributed by atoms with Crippen LogP contribution in [0.15, 0.2) is 18.4 Å². The highest BCUT2D eigenvalue weighted by atomic mass is 19.3. The zero-order valence-electron chi connectivity index (χ0n) is 5.58. The van der Waals surface area contributed by atoms with Gasteiger partial charge in [0.05, 0.1) is 5.92 Å². The summed E-state index contributed by atoms with van der Waals surface area (Å²) in [5.41, 5.74) is 1.96. The first-order valence-corrected chi connectivity index (χ1v) is 2.68. The first-order chi connectivity index (χ1) is 4.92. The Morgan fingerprint density at radius 1 is 1.45 bits per heavy atom. The third-order valence-corrected chi connectivity index (χ3v) is 1.04. The van der Waals surface area contributed by atoms with Gasteiger partial charge >= 0.3 is 12.3 Å². The van der Waals surface area contributed by atoms with Gasteiger partial charge in [0.1, 0.15) is 0 Å². The normalized spacial score (nSPS) is 14.4. The fraction of sp³-hybridized carbons (Fsp3) is 0.286. The molecule has 0 saturated carbocycles. The van der Waals surface area contributed by atoms with E-state index in [1.165, 1.54) is 0 Å². The quantitative estimate of drug-likeness (QED) is 0.446. The molecule has 0 bridgehead atoms. The molecular weight excluding hydrogens is 160 g/mol. The second-order valence-electron chi connectivity index (χ2n) is 1.86. The van der Waals surface area contributed by atoms with Gasteiger partial charge in [0, 0.05) is 0 Å². The van der Waals surface area contributed by atoms with E-state index < -0.39 is 18.3 Å². The van der Waals surface area contributed by atoms with Crippen molar-refractivity contribution in [2.75, 3.05) is 0 Å². The van der Waals surface area contributed by atoms with Crippen LogP contribution in [0.3, 0.4) is 0 Å². The van der Waals surface area contributed by atoms with E-state index in [4.69, 9.17) is 0 Å². The van der Waals surface area contributed by atoms with Gasteiger partial charge in [-0.15, -0.1) is 5.73 Å². The van der Waals surface area contributed by atoms with Crippen molar-refractivity contribution in [1.29, 1.82) is 0 Å². The van der Waals surface area contributed by atoms with Crippen LogP contribution >= 0.6 is 0 Å². The lowest BCUT2D eigenvalue weighted by Crippen LogP contribution is -2.28. The molecule has 0 nitrogen and oxygen atoms in total. The number of hydrogen-bond acceptors (Lipinski definition) is 0. The Kier molecular flexibility index (Phi) is 3.33. The van der Waals surface area contributed by atoms with Crippen LogP contribution in [-0.4, -0.2) is 5.92 Å². The molecule has 0 saturated heterocycles. The summed E-state index contributed by atoms with van der Waals surface area (Å²) in [4.78, 5) is 0. The van der Waals surface area contributed by atoms with E-state index in [-0.39, 0.29) is 0 Å². The molecule has 0 amide bonds. The molecule has 0 spiro atoms. The maximum absolute atomic E-state index is 12.2. The number of halogens is 4. The summed E-state index contributed by atoms with van der Waals surface area (Å²) in [5.74, 6) is -5.99. The van der Waals surface area contributed by atoms with E-state index in [1.54, 1.807) is 0 Å². The van der Waals surface area contributed by atoms with Gasteiger partial charge < -0.3 is 0 Å². The molecule has 0 aliphatic carbocycles.